The minimum atomic E-state index is -0.770. The van der Waals surface area contributed by atoms with Crippen molar-refractivity contribution in [3.05, 3.63) is 101 Å². The minimum Gasteiger partial charge on any atom is -0.361 e. The summed E-state index contributed by atoms with van der Waals surface area (Å²) in [7, 11) is 4.03. The number of hydrogen-bond donors (Lipinski definition) is 3. The maximum atomic E-state index is 13.8. The van der Waals surface area contributed by atoms with Crippen LogP contribution >= 0.6 is 0 Å². The smallest absolute Gasteiger partial charge is 0.318 e. The van der Waals surface area contributed by atoms with Crippen LogP contribution in [-0.2, 0) is 24.3 Å². The molecular weight excluding hydrogens is 486 g/mol. The van der Waals surface area contributed by atoms with Gasteiger partial charge in [-0.15, -0.1) is 0 Å². The number of anilines is 1. The van der Waals surface area contributed by atoms with Crippen molar-refractivity contribution in [1.29, 1.82) is 0 Å². The first-order valence-electron chi connectivity index (χ1n) is 13.5. The van der Waals surface area contributed by atoms with Crippen LogP contribution in [0.4, 0.5) is 10.5 Å². The molecule has 5 rings (SSSR count). The second kappa shape index (κ2) is 11.3. The summed E-state index contributed by atoms with van der Waals surface area (Å²) >= 11 is 0. The van der Waals surface area contributed by atoms with Gasteiger partial charge in [-0.3, -0.25) is 4.79 Å². The highest BCUT2D eigenvalue weighted by atomic mass is 16.2. The Bertz CT molecular complexity index is 1490. The molecule has 202 valence electrons. The van der Waals surface area contributed by atoms with Gasteiger partial charge in [0.15, 0.2) is 0 Å². The number of nitrogens with zero attached hydrogens (tertiary/aromatic N) is 2. The number of benzene rings is 3. The van der Waals surface area contributed by atoms with Crippen molar-refractivity contribution >= 4 is 28.5 Å². The topological polar surface area (TPSA) is 80.5 Å². The standard InChI is InChI=1S/C32H37N5O2/c1-21-12-13-25-20-37(15-14-24(25)16-21)32(39)35-30(22(2)28-18-33-29-11-6-5-10-27(28)29)31(38)34-26-9-7-8-23(17-26)19-36(3)4/h5-13,16-18,22,30,33H,14-15,19-20H2,1-4H3,(H,34,38)(H,35,39)/t22-,30-/m1/s1. The minimum absolute atomic E-state index is 0.227. The number of urea groups is 1. The van der Waals surface area contributed by atoms with E-state index in [9.17, 15) is 9.59 Å². The lowest BCUT2D eigenvalue weighted by molar-refractivity contribution is -0.118. The fourth-order valence-corrected chi connectivity index (χ4v) is 5.48. The van der Waals surface area contributed by atoms with Crippen LogP contribution < -0.4 is 10.6 Å². The SMILES string of the molecule is Cc1ccc2c(c1)CCN(C(=O)N[C@@H](C(=O)Nc1cccc(CN(C)C)c1)[C@H](C)c1c[nH]c3ccccc13)C2. The number of hydrogen-bond acceptors (Lipinski definition) is 3. The van der Waals surface area contributed by atoms with Crippen LogP contribution in [-0.4, -0.2) is 53.4 Å². The summed E-state index contributed by atoms with van der Waals surface area (Å²) < 4.78 is 0. The predicted molar refractivity (Wildman–Crippen MR) is 157 cm³/mol. The van der Waals surface area contributed by atoms with E-state index in [1.54, 1.807) is 4.90 Å². The van der Waals surface area contributed by atoms with Crippen LogP contribution in [0.5, 0.6) is 0 Å². The molecule has 7 nitrogen and oxygen atoms in total. The first kappa shape index (κ1) is 26.5. The molecule has 1 aromatic heterocycles. The number of fused-ring (bicyclic) bond motifs is 2. The van der Waals surface area contributed by atoms with E-state index in [0.717, 1.165) is 40.6 Å². The van der Waals surface area contributed by atoms with Gasteiger partial charge in [0.2, 0.25) is 5.91 Å². The Labute approximate surface area is 230 Å². The van der Waals surface area contributed by atoms with Crippen molar-refractivity contribution in [2.45, 2.75) is 45.3 Å². The Hall–Kier alpha value is -4.10. The molecule has 0 saturated heterocycles. The second-order valence-corrected chi connectivity index (χ2v) is 10.9. The second-order valence-electron chi connectivity index (χ2n) is 10.9. The summed E-state index contributed by atoms with van der Waals surface area (Å²) in [6.45, 7) is 6.00. The number of nitrogens with one attached hydrogen (secondary N) is 3. The summed E-state index contributed by atoms with van der Waals surface area (Å²) in [5.41, 5.74) is 7.49. The van der Waals surface area contributed by atoms with Crippen LogP contribution in [0, 0.1) is 6.92 Å². The largest absolute Gasteiger partial charge is 0.361 e. The molecule has 0 bridgehead atoms. The average Bonchev–Trinajstić information content (AvgIpc) is 3.35. The molecule has 0 aliphatic carbocycles. The zero-order valence-corrected chi connectivity index (χ0v) is 23.1. The first-order valence-corrected chi connectivity index (χ1v) is 13.5. The van der Waals surface area contributed by atoms with Crippen molar-refractivity contribution in [2.75, 3.05) is 26.0 Å². The molecule has 0 fully saturated rings. The number of aryl methyl sites for hydroxylation is 1. The van der Waals surface area contributed by atoms with Gasteiger partial charge in [0, 0.05) is 48.3 Å². The van der Waals surface area contributed by atoms with Crippen molar-refractivity contribution < 1.29 is 9.59 Å². The predicted octanol–water partition coefficient (Wildman–Crippen LogP) is 5.42. The summed E-state index contributed by atoms with van der Waals surface area (Å²) in [6.07, 6.45) is 2.75. The molecule has 3 amide bonds. The van der Waals surface area contributed by atoms with E-state index in [4.69, 9.17) is 0 Å². The van der Waals surface area contributed by atoms with Gasteiger partial charge in [-0.1, -0.05) is 61.0 Å². The summed E-state index contributed by atoms with van der Waals surface area (Å²) in [4.78, 5) is 34.6. The van der Waals surface area contributed by atoms with Gasteiger partial charge >= 0.3 is 6.03 Å². The fourth-order valence-electron chi connectivity index (χ4n) is 5.48. The quantitative estimate of drug-likeness (QED) is 0.303. The summed E-state index contributed by atoms with van der Waals surface area (Å²) in [5.74, 6) is -0.508. The van der Waals surface area contributed by atoms with E-state index in [1.165, 1.54) is 11.1 Å². The third-order valence-corrected chi connectivity index (χ3v) is 7.53. The van der Waals surface area contributed by atoms with Crippen LogP contribution in [0.15, 0.2) is 72.9 Å². The van der Waals surface area contributed by atoms with Gasteiger partial charge in [0.05, 0.1) is 0 Å². The molecule has 0 spiro atoms. The van der Waals surface area contributed by atoms with Crippen LogP contribution in [0.1, 0.15) is 40.7 Å². The van der Waals surface area contributed by atoms with E-state index in [2.05, 4.69) is 45.6 Å². The zero-order chi connectivity index (χ0) is 27.5. The first-order chi connectivity index (χ1) is 18.8. The van der Waals surface area contributed by atoms with E-state index < -0.39 is 6.04 Å². The van der Waals surface area contributed by atoms with Crippen molar-refractivity contribution in [1.82, 2.24) is 20.1 Å². The van der Waals surface area contributed by atoms with E-state index in [1.807, 2.05) is 75.7 Å². The molecule has 7 heteroatoms. The normalized spacial score (nSPS) is 14.6. The summed E-state index contributed by atoms with van der Waals surface area (Å²) in [6, 6.07) is 21.3. The van der Waals surface area contributed by atoms with Gasteiger partial charge in [-0.05, 0) is 67.9 Å². The van der Waals surface area contributed by atoms with Crippen LogP contribution in [0.3, 0.4) is 0 Å². The molecule has 1 aliphatic rings. The van der Waals surface area contributed by atoms with Crippen LogP contribution in [0.25, 0.3) is 10.9 Å². The highest BCUT2D eigenvalue weighted by Gasteiger charge is 2.32. The van der Waals surface area contributed by atoms with E-state index in [-0.39, 0.29) is 17.9 Å². The number of rotatable bonds is 7. The van der Waals surface area contributed by atoms with Gasteiger partial charge in [0.25, 0.3) is 0 Å². The van der Waals surface area contributed by atoms with Gasteiger partial charge in [-0.2, -0.15) is 0 Å². The molecule has 2 atom stereocenters. The molecule has 3 N–H and O–H groups in total. The number of amides is 3. The molecule has 3 aromatic carbocycles. The Morgan fingerprint density at radius 3 is 2.67 bits per heavy atom. The van der Waals surface area contributed by atoms with E-state index >= 15 is 0 Å². The molecule has 4 aromatic rings. The van der Waals surface area contributed by atoms with Gasteiger partial charge in [0.1, 0.15) is 6.04 Å². The molecule has 0 saturated carbocycles. The zero-order valence-electron chi connectivity index (χ0n) is 23.1. The Morgan fingerprint density at radius 1 is 1.03 bits per heavy atom. The molecule has 39 heavy (non-hydrogen) atoms. The van der Waals surface area contributed by atoms with Crippen molar-refractivity contribution in [2.24, 2.45) is 0 Å². The molecule has 1 aliphatic heterocycles. The summed E-state index contributed by atoms with van der Waals surface area (Å²) in [5, 5.41) is 7.23. The number of H-pyrrole nitrogens is 1. The number of carbonyl (C=O) groups is 2. The van der Waals surface area contributed by atoms with Gasteiger partial charge < -0.3 is 25.4 Å². The highest BCUT2D eigenvalue weighted by Crippen LogP contribution is 2.29. The lowest BCUT2D eigenvalue weighted by Crippen LogP contribution is -2.52. The lowest BCUT2D eigenvalue weighted by Gasteiger charge is -2.32. The van der Waals surface area contributed by atoms with E-state index in [0.29, 0.717) is 18.8 Å². The van der Waals surface area contributed by atoms with Crippen molar-refractivity contribution in [3.8, 4) is 0 Å². The molecular formula is C32H37N5O2. The maximum Gasteiger partial charge on any atom is 0.318 e. The number of aromatic amines is 1. The number of para-hydroxylation sites is 1. The average molecular weight is 524 g/mol. The third-order valence-electron chi connectivity index (χ3n) is 7.53. The Morgan fingerprint density at radius 2 is 1.85 bits per heavy atom. The molecule has 0 radical (unpaired) electrons. The van der Waals surface area contributed by atoms with Crippen molar-refractivity contribution in [3.63, 3.8) is 0 Å². The number of aromatic nitrogens is 1. The van der Waals surface area contributed by atoms with Crippen LogP contribution in [0.2, 0.25) is 0 Å². The van der Waals surface area contributed by atoms with Gasteiger partial charge in [-0.25, -0.2) is 4.79 Å². The Kier molecular flexibility index (Phi) is 7.70. The third kappa shape index (κ3) is 5.99. The Balaban J connectivity index is 1.40. The number of carbonyl (C=O) groups excluding carboxylic acids is 2. The highest BCUT2D eigenvalue weighted by molar-refractivity contribution is 5.98. The maximum absolute atomic E-state index is 13.8. The molecule has 2 heterocycles. The monoisotopic (exact) mass is 523 g/mol. The fraction of sp³-hybridized carbons (Fsp3) is 0.312. The lowest BCUT2D eigenvalue weighted by atomic mass is 9.92. The molecule has 0 unspecified atom stereocenters.